The number of carbonyl (C=O) groups is 1. The highest BCUT2D eigenvalue weighted by Gasteiger charge is 2.22. The number of hydrogen-bond acceptors (Lipinski definition) is 5. The summed E-state index contributed by atoms with van der Waals surface area (Å²) in [6.45, 7) is 2.06. The van der Waals surface area contributed by atoms with E-state index in [-0.39, 0.29) is 21.5 Å². The molecule has 0 aliphatic carbocycles. The summed E-state index contributed by atoms with van der Waals surface area (Å²) in [7, 11) is 0. The number of rotatable bonds is 3. The summed E-state index contributed by atoms with van der Waals surface area (Å²) >= 11 is 0.892. The van der Waals surface area contributed by atoms with Gasteiger partial charge in [-0.2, -0.15) is 0 Å². The lowest BCUT2D eigenvalue weighted by atomic mass is 10.2. The van der Waals surface area contributed by atoms with Gasteiger partial charge >= 0.3 is 11.7 Å². The van der Waals surface area contributed by atoms with E-state index < -0.39 is 16.3 Å². The second-order valence-electron chi connectivity index (χ2n) is 3.52. The van der Waals surface area contributed by atoms with Gasteiger partial charge in [0.25, 0.3) is 0 Å². The molecule has 18 heavy (non-hydrogen) atoms. The van der Waals surface area contributed by atoms with Gasteiger partial charge in [0.05, 0.1) is 10.3 Å². The molecule has 0 saturated heterocycles. The van der Waals surface area contributed by atoms with Crippen LogP contribution in [0.2, 0.25) is 0 Å². The summed E-state index contributed by atoms with van der Waals surface area (Å²) in [5.74, 6) is -1.33. The molecule has 0 aliphatic rings. The number of aromatic carboxylic acids is 1. The lowest BCUT2D eigenvalue weighted by Crippen LogP contribution is -2.17. The number of carboxylic acids is 1. The molecule has 0 aromatic carbocycles. The van der Waals surface area contributed by atoms with E-state index in [0.29, 0.717) is 6.54 Å². The van der Waals surface area contributed by atoms with Gasteiger partial charge in [0.2, 0.25) is 5.43 Å². The number of carboxylic acid groups (broad SMARTS) is 1. The van der Waals surface area contributed by atoms with Crippen molar-refractivity contribution >= 4 is 33.2 Å². The number of fused-ring (bicyclic) bond motifs is 1. The van der Waals surface area contributed by atoms with Crippen LogP contribution in [0.25, 0.3) is 10.2 Å². The Balaban J connectivity index is 2.96. The Morgan fingerprint density at radius 1 is 1.61 bits per heavy atom. The minimum atomic E-state index is -1.33. The predicted octanol–water partition coefficient (Wildman–Crippen LogP) is 1.69. The van der Waals surface area contributed by atoms with Gasteiger partial charge in [-0.25, -0.2) is 4.79 Å². The highest BCUT2D eigenvalue weighted by molar-refractivity contribution is 7.17. The smallest absolute Gasteiger partial charge is 0.341 e. The van der Waals surface area contributed by atoms with Gasteiger partial charge in [-0.05, 0) is 6.92 Å². The number of thiophene rings is 1. The molecule has 2 aromatic heterocycles. The van der Waals surface area contributed by atoms with Crippen LogP contribution in [-0.4, -0.2) is 20.6 Å². The molecule has 0 atom stereocenters. The monoisotopic (exact) mass is 268 g/mol. The molecule has 8 heteroatoms. The summed E-state index contributed by atoms with van der Waals surface area (Å²) in [6, 6.07) is 0. The van der Waals surface area contributed by atoms with Crippen LogP contribution >= 0.6 is 11.3 Å². The number of aromatic nitrogens is 1. The second-order valence-corrected chi connectivity index (χ2v) is 4.40. The van der Waals surface area contributed by atoms with Gasteiger partial charge in [0.15, 0.2) is 0 Å². The van der Waals surface area contributed by atoms with E-state index in [0.717, 1.165) is 17.5 Å². The second kappa shape index (κ2) is 4.22. The molecule has 0 spiro atoms. The molecular formula is C10H8N2O5S. The highest BCUT2D eigenvalue weighted by atomic mass is 32.1. The van der Waals surface area contributed by atoms with Crippen molar-refractivity contribution in [2.24, 2.45) is 0 Å². The summed E-state index contributed by atoms with van der Waals surface area (Å²) in [4.78, 5) is 33.1. The minimum Gasteiger partial charge on any atom is -0.477 e. The number of aryl methyl sites for hydroxylation is 1. The van der Waals surface area contributed by atoms with Crippen LogP contribution in [0.5, 0.6) is 0 Å². The third-order valence-corrected chi connectivity index (χ3v) is 3.49. The van der Waals surface area contributed by atoms with Crippen molar-refractivity contribution in [1.29, 1.82) is 0 Å². The fourth-order valence-corrected chi connectivity index (χ4v) is 2.69. The van der Waals surface area contributed by atoms with Crippen LogP contribution in [0, 0.1) is 10.1 Å². The molecule has 0 unspecified atom stereocenters. The molecule has 0 radical (unpaired) electrons. The van der Waals surface area contributed by atoms with Gasteiger partial charge in [-0.3, -0.25) is 14.9 Å². The van der Waals surface area contributed by atoms with Crippen molar-refractivity contribution in [3.8, 4) is 0 Å². The standard InChI is InChI=1S/C10H8N2O5S/c1-2-11-3-5(10(14)15)8(13)9-7(11)6(4-18-9)12(16)17/h3-4H,2H2,1H3,(H,14,15). The molecule has 0 aliphatic heterocycles. The lowest BCUT2D eigenvalue weighted by Gasteiger charge is -2.06. The molecule has 7 nitrogen and oxygen atoms in total. The van der Waals surface area contributed by atoms with E-state index in [1.165, 1.54) is 9.95 Å². The third-order valence-electron chi connectivity index (χ3n) is 2.54. The number of nitrogens with zero attached hydrogens (tertiary/aromatic N) is 2. The average molecular weight is 268 g/mol. The molecule has 2 aromatic rings. The fourth-order valence-electron chi connectivity index (χ4n) is 1.71. The lowest BCUT2D eigenvalue weighted by molar-refractivity contribution is -0.383. The van der Waals surface area contributed by atoms with E-state index in [1.807, 2.05) is 0 Å². The van der Waals surface area contributed by atoms with Crippen molar-refractivity contribution < 1.29 is 14.8 Å². The van der Waals surface area contributed by atoms with E-state index in [4.69, 9.17) is 5.11 Å². The molecule has 0 saturated carbocycles. The first kappa shape index (κ1) is 12.2. The van der Waals surface area contributed by atoms with Crippen LogP contribution in [0.1, 0.15) is 17.3 Å². The Bertz CT molecular complexity index is 715. The minimum absolute atomic E-state index is 0.100. The summed E-state index contributed by atoms with van der Waals surface area (Å²) in [6.07, 6.45) is 1.15. The Hall–Kier alpha value is -2.22. The maximum atomic E-state index is 11.9. The Morgan fingerprint density at radius 2 is 2.28 bits per heavy atom. The maximum Gasteiger partial charge on any atom is 0.341 e. The van der Waals surface area contributed by atoms with E-state index in [9.17, 15) is 19.7 Å². The molecule has 2 rings (SSSR count). The van der Waals surface area contributed by atoms with Crippen LogP contribution in [-0.2, 0) is 6.54 Å². The zero-order valence-corrected chi connectivity index (χ0v) is 10.1. The summed E-state index contributed by atoms with van der Waals surface area (Å²) in [5.41, 5.74) is -1.05. The summed E-state index contributed by atoms with van der Waals surface area (Å²) < 4.78 is 1.51. The van der Waals surface area contributed by atoms with Gasteiger partial charge in [0, 0.05) is 12.7 Å². The first-order chi connectivity index (χ1) is 8.47. The summed E-state index contributed by atoms with van der Waals surface area (Å²) in [5, 5.41) is 21.0. The van der Waals surface area contributed by atoms with Crippen molar-refractivity contribution in [1.82, 2.24) is 4.57 Å². The first-order valence-corrected chi connectivity index (χ1v) is 5.87. The quantitative estimate of drug-likeness (QED) is 0.674. The Morgan fingerprint density at radius 3 is 2.78 bits per heavy atom. The molecule has 0 bridgehead atoms. The van der Waals surface area contributed by atoms with Crippen LogP contribution < -0.4 is 5.43 Å². The van der Waals surface area contributed by atoms with Gasteiger partial charge in [-0.15, -0.1) is 11.3 Å². The third kappa shape index (κ3) is 1.66. The average Bonchev–Trinajstić information content (AvgIpc) is 2.74. The number of pyridine rings is 1. The van der Waals surface area contributed by atoms with Gasteiger partial charge in [0.1, 0.15) is 15.8 Å². The molecule has 1 N–H and O–H groups in total. The Labute approximate surface area is 104 Å². The zero-order chi connectivity index (χ0) is 13.4. The van der Waals surface area contributed by atoms with Crippen molar-refractivity contribution in [3.05, 3.63) is 37.5 Å². The van der Waals surface area contributed by atoms with Gasteiger partial charge in [-0.1, -0.05) is 0 Å². The van der Waals surface area contributed by atoms with Crippen LogP contribution in [0.3, 0.4) is 0 Å². The fraction of sp³-hybridized carbons (Fsp3) is 0.200. The predicted molar refractivity (Wildman–Crippen MR) is 65.4 cm³/mol. The van der Waals surface area contributed by atoms with Crippen LogP contribution in [0.4, 0.5) is 5.69 Å². The van der Waals surface area contributed by atoms with Crippen molar-refractivity contribution in [2.75, 3.05) is 0 Å². The number of nitro groups is 1. The zero-order valence-electron chi connectivity index (χ0n) is 9.24. The Kier molecular flexibility index (Phi) is 2.87. The largest absolute Gasteiger partial charge is 0.477 e. The topological polar surface area (TPSA) is 102 Å². The van der Waals surface area contributed by atoms with Gasteiger partial charge < -0.3 is 9.67 Å². The van der Waals surface area contributed by atoms with E-state index >= 15 is 0 Å². The van der Waals surface area contributed by atoms with Crippen LogP contribution in [0.15, 0.2) is 16.4 Å². The molecule has 2 heterocycles. The highest BCUT2D eigenvalue weighted by Crippen LogP contribution is 2.30. The van der Waals surface area contributed by atoms with E-state index in [2.05, 4.69) is 0 Å². The molecular weight excluding hydrogens is 260 g/mol. The number of hydrogen-bond donors (Lipinski definition) is 1. The van der Waals surface area contributed by atoms with E-state index in [1.54, 1.807) is 6.92 Å². The molecule has 0 amide bonds. The molecule has 94 valence electrons. The van der Waals surface area contributed by atoms with Crippen molar-refractivity contribution in [3.63, 3.8) is 0 Å². The SMILES string of the molecule is CCn1cc(C(=O)O)c(=O)c2scc([N+](=O)[O-])c21. The molecule has 0 fully saturated rings. The first-order valence-electron chi connectivity index (χ1n) is 4.99. The van der Waals surface area contributed by atoms with Crippen molar-refractivity contribution in [2.45, 2.75) is 13.5 Å². The normalized spacial score (nSPS) is 10.7. The maximum absolute atomic E-state index is 11.9.